The van der Waals surface area contributed by atoms with Crippen LogP contribution >= 0.6 is 11.3 Å². The summed E-state index contributed by atoms with van der Waals surface area (Å²) in [6.07, 6.45) is 2.80. The van der Waals surface area contributed by atoms with Gasteiger partial charge in [-0.05, 0) is 13.1 Å². The van der Waals surface area contributed by atoms with Crippen molar-refractivity contribution in [1.82, 2.24) is 15.3 Å². The van der Waals surface area contributed by atoms with Crippen LogP contribution in [0.2, 0.25) is 0 Å². The molecule has 0 bridgehead atoms. The lowest BCUT2D eigenvalue weighted by Gasteiger charge is -2.00. The third kappa shape index (κ3) is 2.84. The van der Waals surface area contributed by atoms with Gasteiger partial charge in [-0.1, -0.05) is 30.3 Å². The fraction of sp³-hybridized carbons (Fsp3) is 0.125. The van der Waals surface area contributed by atoms with Crippen molar-refractivity contribution < 1.29 is 4.39 Å². The summed E-state index contributed by atoms with van der Waals surface area (Å²) in [6.45, 7) is 0.703. The molecule has 0 unspecified atom stereocenters. The summed E-state index contributed by atoms with van der Waals surface area (Å²) < 4.78 is 13.9. The second-order valence-corrected chi connectivity index (χ2v) is 5.63. The standard InChI is InChI=1S/C16H14FN3S/c1-18-10-14-15(11-5-3-2-4-6-11)20-16(21-14)12-7-8-19-9-13(12)17/h2-9,18H,10H2,1H3. The molecule has 0 saturated heterocycles. The van der Waals surface area contributed by atoms with Crippen molar-refractivity contribution in [2.24, 2.45) is 0 Å². The molecule has 1 aromatic carbocycles. The van der Waals surface area contributed by atoms with Crippen LogP contribution in [0.3, 0.4) is 0 Å². The number of hydrogen-bond donors (Lipinski definition) is 1. The van der Waals surface area contributed by atoms with E-state index in [2.05, 4.69) is 15.3 Å². The highest BCUT2D eigenvalue weighted by Gasteiger charge is 2.15. The van der Waals surface area contributed by atoms with Gasteiger partial charge in [0.15, 0.2) is 5.82 Å². The molecule has 1 N–H and O–H groups in total. The average Bonchev–Trinajstić information content (AvgIpc) is 2.93. The van der Waals surface area contributed by atoms with Crippen LogP contribution in [0, 0.1) is 5.82 Å². The highest BCUT2D eigenvalue weighted by molar-refractivity contribution is 7.15. The maximum absolute atomic E-state index is 13.9. The van der Waals surface area contributed by atoms with Crippen molar-refractivity contribution in [2.45, 2.75) is 6.54 Å². The molecule has 0 amide bonds. The van der Waals surface area contributed by atoms with Crippen LogP contribution in [0.25, 0.3) is 21.8 Å². The summed E-state index contributed by atoms with van der Waals surface area (Å²) in [7, 11) is 1.89. The fourth-order valence-corrected chi connectivity index (χ4v) is 3.24. The number of benzene rings is 1. The minimum Gasteiger partial charge on any atom is -0.315 e. The Morgan fingerprint density at radius 2 is 2.00 bits per heavy atom. The van der Waals surface area contributed by atoms with Gasteiger partial charge in [0, 0.05) is 28.7 Å². The monoisotopic (exact) mass is 299 g/mol. The first-order chi connectivity index (χ1) is 10.3. The van der Waals surface area contributed by atoms with Gasteiger partial charge < -0.3 is 5.32 Å². The van der Waals surface area contributed by atoms with Gasteiger partial charge in [0.2, 0.25) is 0 Å². The van der Waals surface area contributed by atoms with Crippen LogP contribution in [-0.2, 0) is 6.54 Å². The molecule has 0 aliphatic heterocycles. The van der Waals surface area contributed by atoms with Gasteiger partial charge in [0.25, 0.3) is 0 Å². The predicted octanol–water partition coefficient (Wildman–Crippen LogP) is 3.73. The predicted molar refractivity (Wildman–Crippen MR) is 83.5 cm³/mol. The maximum Gasteiger partial charge on any atom is 0.151 e. The van der Waals surface area contributed by atoms with E-state index in [1.807, 2.05) is 37.4 Å². The van der Waals surface area contributed by atoms with E-state index in [-0.39, 0.29) is 5.82 Å². The fourth-order valence-electron chi connectivity index (χ4n) is 2.12. The minimum absolute atomic E-state index is 0.345. The van der Waals surface area contributed by atoms with Crippen LogP contribution in [0.5, 0.6) is 0 Å². The second kappa shape index (κ2) is 6.11. The van der Waals surface area contributed by atoms with E-state index in [0.29, 0.717) is 17.1 Å². The van der Waals surface area contributed by atoms with Crippen molar-refractivity contribution in [3.63, 3.8) is 0 Å². The highest BCUT2D eigenvalue weighted by Crippen LogP contribution is 2.34. The van der Waals surface area contributed by atoms with Gasteiger partial charge in [-0.3, -0.25) is 4.98 Å². The Hall–Kier alpha value is -2.11. The molecule has 3 nitrogen and oxygen atoms in total. The first-order valence-corrected chi connectivity index (χ1v) is 7.41. The van der Waals surface area contributed by atoms with E-state index in [0.717, 1.165) is 16.1 Å². The lowest BCUT2D eigenvalue weighted by atomic mass is 10.1. The summed E-state index contributed by atoms with van der Waals surface area (Å²) in [4.78, 5) is 9.52. The molecule has 106 valence electrons. The molecule has 5 heteroatoms. The van der Waals surface area contributed by atoms with E-state index < -0.39 is 0 Å². The normalized spacial score (nSPS) is 10.8. The number of nitrogens with one attached hydrogen (secondary N) is 1. The molecule has 0 fully saturated rings. The Morgan fingerprint density at radius 1 is 1.19 bits per heavy atom. The number of nitrogens with zero attached hydrogens (tertiary/aromatic N) is 2. The first-order valence-electron chi connectivity index (χ1n) is 6.59. The SMILES string of the molecule is CNCc1sc(-c2ccncc2F)nc1-c1ccccc1. The van der Waals surface area contributed by atoms with Crippen LogP contribution in [0.15, 0.2) is 48.8 Å². The van der Waals surface area contributed by atoms with E-state index in [1.54, 1.807) is 12.3 Å². The zero-order valence-electron chi connectivity index (χ0n) is 11.5. The van der Waals surface area contributed by atoms with Crippen LogP contribution in [0.1, 0.15) is 4.88 Å². The smallest absolute Gasteiger partial charge is 0.151 e. The van der Waals surface area contributed by atoms with Crippen LogP contribution in [0.4, 0.5) is 4.39 Å². The lowest BCUT2D eigenvalue weighted by molar-refractivity contribution is 0.625. The summed E-state index contributed by atoms with van der Waals surface area (Å²) in [5, 5.41) is 3.82. The molecule has 0 saturated carbocycles. The van der Waals surface area contributed by atoms with E-state index in [4.69, 9.17) is 0 Å². The summed E-state index contributed by atoms with van der Waals surface area (Å²) in [5.41, 5.74) is 2.44. The van der Waals surface area contributed by atoms with Gasteiger partial charge in [0.1, 0.15) is 5.01 Å². The van der Waals surface area contributed by atoms with Gasteiger partial charge in [-0.25, -0.2) is 9.37 Å². The van der Waals surface area contributed by atoms with Gasteiger partial charge in [0.05, 0.1) is 11.9 Å². The lowest BCUT2D eigenvalue weighted by Crippen LogP contribution is -2.04. The number of pyridine rings is 1. The van der Waals surface area contributed by atoms with Crippen molar-refractivity contribution in [2.75, 3.05) is 7.05 Å². The van der Waals surface area contributed by atoms with E-state index >= 15 is 0 Å². The first kappa shape index (κ1) is 13.9. The number of thiazole rings is 1. The Bertz CT molecular complexity index is 740. The van der Waals surface area contributed by atoms with Gasteiger partial charge >= 0.3 is 0 Å². The molecule has 0 spiro atoms. The molecule has 21 heavy (non-hydrogen) atoms. The molecule has 2 aromatic heterocycles. The van der Waals surface area contributed by atoms with Crippen LogP contribution < -0.4 is 5.32 Å². The third-order valence-electron chi connectivity index (χ3n) is 3.08. The Kier molecular flexibility index (Phi) is 4.03. The van der Waals surface area contributed by atoms with Gasteiger partial charge in [-0.15, -0.1) is 11.3 Å². The van der Waals surface area contributed by atoms with E-state index in [9.17, 15) is 4.39 Å². The second-order valence-electron chi connectivity index (χ2n) is 4.54. The molecule has 2 heterocycles. The third-order valence-corrected chi connectivity index (χ3v) is 4.17. The molecule has 0 atom stereocenters. The Balaban J connectivity index is 2.11. The van der Waals surface area contributed by atoms with E-state index in [1.165, 1.54) is 17.5 Å². The largest absolute Gasteiger partial charge is 0.315 e. The number of rotatable bonds is 4. The molecule has 0 aliphatic carbocycles. The quantitative estimate of drug-likeness (QED) is 0.797. The Labute approximate surface area is 126 Å². The zero-order chi connectivity index (χ0) is 14.7. The van der Waals surface area contributed by atoms with Crippen molar-refractivity contribution in [3.8, 4) is 21.8 Å². The van der Waals surface area contributed by atoms with Gasteiger partial charge in [-0.2, -0.15) is 0 Å². The highest BCUT2D eigenvalue weighted by atomic mass is 32.1. The molecule has 0 radical (unpaired) electrons. The maximum atomic E-state index is 13.9. The zero-order valence-corrected chi connectivity index (χ0v) is 12.3. The molecular weight excluding hydrogens is 285 g/mol. The summed E-state index contributed by atoms with van der Waals surface area (Å²) in [5.74, 6) is -0.345. The number of halogens is 1. The summed E-state index contributed by atoms with van der Waals surface area (Å²) >= 11 is 1.50. The van der Waals surface area contributed by atoms with Crippen molar-refractivity contribution >= 4 is 11.3 Å². The average molecular weight is 299 g/mol. The number of aromatic nitrogens is 2. The Morgan fingerprint density at radius 3 is 2.71 bits per heavy atom. The van der Waals surface area contributed by atoms with Crippen molar-refractivity contribution in [1.29, 1.82) is 0 Å². The molecule has 3 aromatic rings. The van der Waals surface area contributed by atoms with Crippen molar-refractivity contribution in [3.05, 3.63) is 59.5 Å². The molecule has 0 aliphatic rings. The topological polar surface area (TPSA) is 37.8 Å². The van der Waals surface area contributed by atoms with Crippen LogP contribution in [-0.4, -0.2) is 17.0 Å². The molecule has 3 rings (SSSR count). The minimum atomic E-state index is -0.345. The summed E-state index contributed by atoms with van der Waals surface area (Å²) in [6, 6.07) is 11.6. The molecular formula is C16H14FN3S. The number of hydrogen-bond acceptors (Lipinski definition) is 4.